The lowest BCUT2D eigenvalue weighted by Crippen LogP contribution is -2.51. The average molecular weight is 552 g/mol. The van der Waals surface area contributed by atoms with E-state index in [1.54, 1.807) is 57.6 Å². The maximum Gasteiger partial charge on any atom is 0.410 e. The normalized spacial score (nSPS) is 17.7. The monoisotopic (exact) mass is 551 g/mol. The predicted octanol–water partition coefficient (Wildman–Crippen LogP) is 5.59. The molecule has 1 aromatic carbocycles. The molecule has 3 N–H and O–H groups in total. The second-order valence-electron chi connectivity index (χ2n) is 10.4. The number of nitrogens with two attached hydrogens (primary N) is 1. The Morgan fingerprint density at radius 2 is 1.97 bits per heavy atom. The lowest BCUT2D eigenvalue weighted by Gasteiger charge is -2.36. The van der Waals surface area contributed by atoms with E-state index >= 15 is 0 Å². The van der Waals surface area contributed by atoms with Crippen LogP contribution in [0.4, 0.5) is 20.8 Å². The van der Waals surface area contributed by atoms with Crippen LogP contribution in [0.15, 0.2) is 42.9 Å². The lowest BCUT2D eigenvalue weighted by molar-refractivity contribution is 0.0124. The standard InChI is InChI=1S/C27H30FN7O3S/c1-15-32-24(37-22-6-5-20(29)18-7-9-30-12-19(18)22)23(39-15)21-8-10-31-25(34-21)33-17-11-16(28)13-35(14-17)26(36)38-27(2,3)4/h5-10,12,16-17H,11,13-14,29H2,1-4H3,(H,31,33,34)/t16-,17-/m0/s1. The molecule has 2 atom stereocenters. The van der Waals surface area contributed by atoms with Crippen LogP contribution >= 0.6 is 11.3 Å². The fourth-order valence-electron chi connectivity index (χ4n) is 4.37. The zero-order chi connectivity index (χ0) is 27.7. The summed E-state index contributed by atoms with van der Waals surface area (Å²) in [5.74, 6) is 1.29. The number of alkyl halides is 1. The molecule has 1 saturated heterocycles. The van der Waals surface area contributed by atoms with Crippen molar-refractivity contribution in [1.29, 1.82) is 0 Å². The van der Waals surface area contributed by atoms with Crippen LogP contribution in [0.5, 0.6) is 11.6 Å². The van der Waals surface area contributed by atoms with Gasteiger partial charge in [0, 0.05) is 54.1 Å². The molecule has 0 unspecified atom stereocenters. The number of anilines is 2. The van der Waals surface area contributed by atoms with E-state index in [9.17, 15) is 9.18 Å². The number of hydrogen-bond acceptors (Lipinski definition) is 10. The molecule has 0 radical (unpaired) electrons. The van der Waals surface area contributed by atoms with Crippen molar-refractivity contribution in [3.63, 3.8) is 0 Å². The number of nitrogen functional groups attached to an aromatic ring is 1. The highest BCUT2D eigenvalue weighted by atomic mass is 32.1. The Morgan fingerprint density at radius 1 is 1.15 bits per heavy atom. The molecule has 3 aromatic heterocycles. The van der Waals surface area contributed by atoms with Crippen LogP contribution in [0.2, 0.25) is 0 Å². The Kier molecular flexibility index (Phi) is 7.21. The first-order valence-electron chi connectivity index (χ1n) is 12.5. The number of nitrogens with zero attached hydrogens (tertiary/aromatic N) is 5. The van der Waals surface area contributed by atoms with E-state index in [1.807, 2.05) is 13.0 Å². The summed E-state index contributed by atoms with van der Waals surface area (Å²) >= 11 is 1.44. The number of fused-ring (bicyclic) bond motifs is 1. The van der Waals surface area contributed by atoms with E-state index in [-0.39, 0.29) is 25.6 Å². The first-order chi connectivity index (χ1) is 18.6. The van der Waals surface area contributed by atoms with Crippen molar-refractivity contribution < 1.29 is 18.7 Å². The summed E-state index contributed by atoms with van der Waals surface area (Å²) in [5.41, 5.74) is 6.69. The Morgan fingerprint density at radius 3 is 2.77 bits per heavy atom. The molecule has 4 heterocycles. The van der Waals surface area contributed by atoms with Gasteiger partial charge in [0.05, 0.1) is 17.2 Å². The van der Waals surface area contributed by atoms with Crippen molar-refractivity contribution in [1.82, 2.24) is 24.8 Å². The number of ether oxygens (including phenoxy) is 2. The number of hydrogen-bond donors (Lipinski definition) is 2. The van der Waals surface area contributed by atoms with Gasteiger partial charge in [-0.1, -0.05) is 0 Å². The number of thiazole rings is 1. The number of pyridine rings is 1. The summed E-state index contributed by atoms with van der Waals surface area (Å²) in [5, 5.41) is 5.59. The van der Waals surface area contributed by atoms with Gasteiger partial charge in [-0.05, 0) is 52.0 Å². The Balaban J connectivity index is 1.37. The molecule has 0 bridgehead atoms. The molecule has 5 rings (SSSR count). The molecule has 1 amide bonds. The van der Waals surface area contributed by atoms with Crippen LogP contribution in [0, 0.1) is 6.92 Å². The van der Waals surface area contributed by atoms with Gasteiger partial charge in [-0.3, -0.25) is 4.98 Å². The summed E-state index contributed by atoms with van der Waals surface area (Å²) in [6.07, 6.45) is 3.49. The molecule has 0 saturated carbocycles. The third kappa shape index (κ3) is 6.17. The largest absolute Gasteiger partial charge is 0.444 e. The first kappa shape index (κ1) is 26.5. The van der Waals surface area contributed by atoms with Crippen LogP contribution in [0.3, 0.4) is 0 Å². The molecule has 12 heteroatoms. The summed E-state index contributed by atoms with van der Waals surface area (Å²) in [7, 11) is 0. The number of carbonyl (C=O) groups is 1. The van der Waals surface area contributed by atoms with Crippen molar-refractivity contribution in [2.75, 3.05) is 24.1 Å². The van der Waals surface area contributed by atoms with Crippen molar-refractivity contribution in [3.8, 4) is 22.2 Å². The molecule has 1 aliphatic rings. The molecular formula is C27H30FN7O3S. The van der Waals surface area contributed by atoms with Gasteiger partial charge >= 0.3 is 6.09 Å². The van der Waals surface area contributed by atoms with Crippen LogP contribution in [-0.2, 0) is 4.74 Å². The maximum absolute atomic E-state index is 14.6. The Hall–Kier alpha value is -4.06. The van der Waals surface area contributed by atoms with Gasteiger partial charge in [0.15, 0.2) is 0 Å². The van der Waals surface area contributed by atoms with Crippen molar-refractivity contribution in [3.05, 3.63) is 47.9 Å². The average Bonchev–Trinajstić information content (AvgIpc) is 3.24. The van der Waals surface area contributed by atoms with Gasteiger partial charge in [0.25, 0.3) is 0 Å². The highest BCUT2D eigenvalue weighted by molar-refractivity contribution is 7.15. The summed E-state index contributed by atoms with van der Waals surface area (Å²) in [6, 6.07) is 6.79. The van der Waals surface area contributed by atoms with Gasteiger partial charge in [0.1, 0.15) is 22.4 Å². The molecule has 0 spiro atoms. The molecule has 39 heavy (non-hydrogen) atoms. The van der Waals surface area contributed by atoms with Gasteiger partial charge in [0.2, 0.25) is 11.8 Å². The Bertz CT molecular complexity index is 1510. The molecule has 1 fully saturated rings. The van der Waals surface area contributed by atoms with Crippen LogP contribution < -0.4 is 15.8 Å². The van der Waals surface area contributed by atoms with Gasteiger partial charge in [-0.15, -0.1) is 11.3 Å². The smallest absolute Gasteiger partial charge is 0.410 e. The minimum absolute atomic E-state index is 0.00975. The Labute approximate surface area is 229 Å². The predicted molar refractivity (Wildman–Crippen MR) is 149 cm³/mol. The lowest BCUT2D eigenvalue weighted by atomic mass is 10.0. The topological polar surface area (TPSA) is 128 Å². The quantitative estimate of drug-likeness (QED) is 0.305. The maximum atomic E-state index is 14.6. The van der Waals surface area contributed by atoms with E-state index < -0.39 is 17.9 Å². The number of carbonyl (C=O) groups excluding carboxylic acids is 1. The van der Waals surface area contributed by atoms with E-state index in [4.69, 9.17) is 15.2 Å². The number of likely N-dealkylation sites (tertiary alicyclic amines) is 1. The van der Waals surface area contributed by atoms with E-state index in [0.717, 1.165) is 15.8 Å². The van der Waals surface area contributed by atoms with Crippen LogP contribution in [0.1, 0.15) is 32.2 Å². The summed E-state index contributed by atoms with van der Waals surface area (Å²) in [6.45, 7) is 7.49. The fourth-order valence-corrected chi connectivity index (χ4v) is 5.19. The van der Waals surface area contributed by atoms with E-state index in [2.05, 4.69) is 25.3 Å². The molecule has 4 aromatic rings. The van der Waals surface area contributed by atoms with Crippen LogP contribution in [0.25, 0.3) is 21.3 Å². The third-order valence-corrected chi connectivity index (χ3v) is 6.97. The zero-order valence-electron chi connectivity index (χ0n) is 22.1. The number of nitrogens with one attached hydrogen (secondary N) is 1. The van der Waals surface area contributed by atoms with Crippen molar-refractivity contribution in [2.45, 2.75) is 51.9 Å². The number of halogens is 1. The number of benzene rings is 1. The van der Waals surface area contributed by atoms with Gasteiger partial charge in [-0.25, -0.2) is 24.1 Å². The molecular weight excluding hydrogens is 521 g/mol. The molecule has 0 aliphatic carbocycles. The molecule has 10 nitrogen and oxygen atoms in total. The highest BCUT2D eigenvalue weighted by Crippen LogP contribution is 2.39. The van der Waals surface area contributed by atoms with Gasteiger partial charge < -0.3 is 25.4 Å². The third-order valence-electron chi connectivity index (χ3n) is 5.99. The minimum Gasteiger partial charge on any atom is -0.444 e. The van der Waals surface area contributed by atoms with Crippen LogP contribution in [-0.4, -0.2) is 61.8 Å². The number of amides is 1. The van der Waals surface area contributed by atoms with Crippen molar-refractivity contribution >= 4 is 39.8 Å². The summed E-state index contributed by atoms with van der Waals surface area (Å²) in [4.78, 5) is 32.4. The van der Waals surface area contributed by atoms with E-state index in [0.29, 0.717) is 33.8 Å². The number of piperidine rings is 1. The SMILES string of the molecule is Cc1nc(Oc2ccc(N)c3ccncc23)c(-c2ccnc(N[C@H]3C[C@H](F)CN(C(=O)OC(C)(C)C)C3)n2)s1. The minimum atomic E-state index is -1.19. The highest BCUT2D eigenvalue weighted by Gasteiger charge is 2.33. The number of aromatic nitrogens is 4. The second kappa shape index (κ2) is 10.6. The fraction of sp³-hybridized carbons (Fsp3) is 0.370. The van der Waals surface area contributed by atoms with Gasteiger partial charge in [-0.2, -0.15) is 0 Å². The number of aryl methyl sites for hydroxylation is 1. The number of rotatable bonds is 5. The van der Waals surface area contributed by atoms with Crippen molar-refractivity contribution in [2.24, 2.45) is 0 Å². The molecule has 204 valence electrons. The second-order valence-corrected chi connectivity index (χ2v) is 11.6. The zero-order valence-corrected chi connectivity index (χ0v) is 23.0. The summed E-state index contributed by atoms with van der Waals surface area (Å²) < 4.78 is 26.2. The first-order valence-corrected chi connectivity index (χ1v) is 13.4. The van der Waals surface area contributed by atoms with E-state index in [1.165, 1.54) is 16.2 Å². The molecule has 1 aliphatic heterocycles.